The standard InChI is InChI=1S/C32H26N2/c1-3-27(25-33(29-17-9-5-10-18-29)30-19-11-6-12-20-30)28(4-2)26-34(31-21-13-7-14-22-31)32-23-15-8-16-24-32/h1-2,5-24H,25-26H2/b28-27+. The third-order valence-corrected chi connectivity index (χ3v) is 5.62. The van der Waals surface area contributed by atoms with Gasteiger partial charge in [-0.3, -0.25) is 0 Å². The number of para-hydroxylation sites is 4. The van der Waals surface area contributed by atoms with E-state index in [0.717, 1.165) is 33.9 Å². The Hall–Kier alpha value is -4.66. The molecule has 0 amide bonds. The number of rotatable bonds is 8. The van der Waals surface area contributed by atoms with Crippen molar-refractivity contribution in [1.29, 1.82) is 0 Å². The minimum atomic E-state index is 0.501. The van der Waals surface area contributed by atoms with Crippen molar-refractivity contribution in [3.63, 3.8) is 0 Å². The molecule has 0 saturated heterocycles. The molecule has 4 aromatic rings. The van der Waals surface area contributed by atoms with Gasteiger partial charge in [-0.15, -0.1) is 12.8 Å². The molecule has 0 aliphatic rings. The van der Waals surface area contributed by atoms with E-state index in [-0.39, 0.29) is 0 Å². The average Bonchev–Trinajstić information content (AvgIpc) is 2.92. The maximum atomic E-state index is 6.06. The van der Waals surface area contributed by atoms with E-state index in [1.807, 2.05) is 72.8 Å². The highest BCUT2D eigenvalue weighted by Gasteiger charge is 2.16. The second-order valence-electron chi connectivity index (χ2n) is 7.76. The first-order chi connectivity index (χ1) is 16.8. The third-order valence-electron chi connectivity index (χ3n) is 5.62. The number of anilines is 4. The van der Waals surface area contributed by atoms with Crippen LogP contribution in [0.1, 0.15) is 0 Å². The zero-order chi connectivity index (χ0) is 23.6. The van der Waals surface area contributed by atoms with Gasteiger partial charge in [0.25, 0.3) is 0 Å². The molecule has 0 saturated carbocycles. The molecule has 0 N–H and O–H groups in total. The second-order valence-corrected chi connectivity index (χ2v) is 7.76. The lowest BCUT2D eigenvalue weighted by molar-refractivity contribution is 1.02. The van der Waals surface area contributed by atoms with Crippen LogP contribution in [0.15, 0.2) is 132 Å². The number of benzene rings is 4. The van der Waals surface area contributed by atoms with E-state index in [2.05, 4.69) is 70.2 Å². The molecule has 2 nitrogen and oxygen atoms in total. The fourth-order valence-corrected chi connectivity index (χ4v) is 3.87. The Balaban J connectivity index is 1.73. The number of terminal acetylenes is 2. The molecule has 0 unspecified atom stereocenters. The maximum Gasteiger partial charge on any atom is 0.0570 e. The van der Waals surface area contributed by atoms with Crippen LogP contribution in [0.25, 0.3) is 0 Å². The smallest absolute Gasteiger partial charge is 0.0570 e. The Morgan fingerprint density at radius 3 is 0.882 bits per heavy atom. The molecular formula is C32H26N2. The van der Waals surface area contributed by atoms with Gasteiger partial charge in [0, 0.05) is 33.9 Å². The summed E-state index contributed by atoms with van der Waals surface area (Å²) >= 11 is 0. The van der Waals surface area contributed by atoms with Crippen LogP contribution in [-0.4, -0.2) is 13.1 Å². The number of hydrogen-bond donors (Lipinski definition) is 0. The largest absolute Gasteiger partial charge is 0.336 e. The van der Waals surface area contributed by atoms with E-state index in [1.165, 1.54) is 0 Å². The second kappa shape index (κ2) is 11.3. The first kappa shape index (κ1) is 22.5. The average molecular weight is 439 g/mol. The van der Waals surface area contributed by atoms with Crippen LogP contribution in [0.3, 0.4) is 0 Å². The van der Waals surface area contributed by atoms with Gasteiger partial charge in [-0.05, 0) is 48.5 Å². The molecule has 0 spiro atoms. The van der Waals surface area contributed by atoms with E-state index in [0.29, 0.717) is 13.1 Å². The summed E-state index contributed by atoms with van der Waals surface area (Å²) in [6, 6.07) is 40.9. The number of hydrogen-bond acceptors (Lipinski definition) is 2. The van der Waals surface area contributed by atoms with Crippen molar-refractivity contribution in [3.05, 3.63) is 132 Å². The topological polar surface area (TPSA) is 6.48 Å². The lowest BCUT2D eigenvalue weighted by Gasteiger charge is -2.28. The summed E-state index contributed by atoms with van der Waals surface area (Å²) in [5.74, 6) is 5.80. The zero-order valence-corrected chi connectivity index (χ0v) is 19.0. The summed E-state index contributed by atoms with van der Waals surface area (Å²) in [6.45, 7) is 1.00. The van der Waals surface area contributed by atoms with Crippen molar-refractivity contribution in [2.24, 2.45) is 0 Å². The summed E-state index contributed by atoms with van der Waals surface area (Å²) in [5, 5.41) is 0. The Labute approximate surface area is 202 Å². The summed E-state index contributed by atoms with van der Waals surface area (Å²) in [4.78, 5) is 4.39. The van der Waals surface area contributed by atoms with Crippen LogP contribution in [-0.2, 0) is 0 Å². The minimum absolute atomic E-state index is 0.501. The van der Waals surface area contributed by atoms with Crippen LogP contribution in [0.5, 0.6) is 0 Å². The summed E-state index contributed by atoms with van der Waals surface area (Å²) in [6.07, 6.45) is 12.1. The van der Waals surface area contributed by atoms with Crippen molar-refractivity contribution in [2.75, 3.05) is 22.9 Å². The third kappa shape index (κ3) is 5.39. The molecular weight excluding hydrogens is 412 g/mol. The van der Waals surface area contributed by atoms with Crippen LogP contribution in [0, 0.1) is 24.7 Å². The van der Waals surface area contributed by atoms with E-state index in [9.17, 15) is 0 Å². The van der Waals surface area contributed by atoms with E-state index < -0.39 is 0 Å². The molecule has 164 valence electrons. The predicted octanol–water partition coefficient (Wildman–Crippen LogP) is 7.23. The molecule has 0 aromatic heterocycles. The highest BCUT2D eigenvalue weighted by atomic mass is 15.1. The Morgan fingerprint density at radius 1 is 0.441 bits per heavy atom. The fraction of sp³-hybridized carbons (Fsp3) is 0.0625. The molecule has 0 fully saturated rings. The van der Waals surface area contributed by atoms with E-state index in [1.54, 1.807) is 0 Å². The first-order valence-corrected chi connectivity index (χ1v) is 11.2. The van der Waals surface area contributed by atoms with Crippen molar-refractivity contribution < 1.29 is 0 Å². The predicted molar refractivity (Wildman–Crippen MR) is 144 cm³/mol. The molecule has 0 radical (unpaired) electrons. The monoisotopic (exact) mass is 438 g/mol. The molecule has 4 aromatic carbocycles. The minimum Gasteiger partial charge on any atom is -0.336 e. The van der Waals surface area contributed by atoms with Gasteiger partial charge in [0.05, 0.1) is 13.1 Å². The van der Waals surface area contributed by atoms with Crippen molar-refractivity contribution in [3.8, 4) is 24.7 Å². The van der Waals surface area contributed by atoms with Gasteiger partial charge < -0.3 is 9.80 Å². The van der Waals surface area contributed by atoms with Crippen LogP contribution in [0.2, 0.25) is 0 Å². The first-order valence-electron chi connectivity index (χ1n) is 11.2. The Morgan fingerprint density at radius 2 is 0.676 bits per heavy atom. The fourth-order valence-electron chi connectivity index (χ4n) is 3.87. The van der Waals surface area contributed by atoms with Gasteiger partial charge in [0.15, 0.2) is 0 Å². The lowest BCUT2D eigenvalue weighted by atomic mass is 10.1. The molecule has 0 aliphatic carbocycles. The quantitative estimate of drug-likeness (QED) is 0.268. The van der Waals surface area contributed by atoms with Crippen LogP contribution < -0.4 is 9.80 Å². The maximum absolute atomic E-state index is 6.06. The molecule has 4 rings (SSSR count). The molecule has 0 aliphatic heterocycles. The molecule has 0 heterocycles. The van der Waals surface area contributed by atoms with E-state index >= 15 is 0 Å². The molecule has 2 heteroatoms. The highest BCUT2D eigenvalue weighted by molar-refractivity contribution is 5.68. The van der Waals surface area contributed by atoms with Crippen molar-refractivity contribution in [2.45, 2.75) is 0 Å². The zero-order valence-electron chi connectivity index (χ0n) is 19.0. The normalized spacial score (nSPS) is 11.0. The SMILES string of the molecule is C#C/C(CN(c1ccccc1)c1ccccc1)=C(/C#C)CN(c1ccccc1)c1ccccc1. The Bertz CT molecular complexity index is 1110. The number of nitrogens with zero attached hydrogens (tertiary/aromatic N) is 2. The Kier molecular flexibility index (Phi) is 7.47. The van der Waals surface area contributed by atoms with Crippen molar-refractivity contribution >= 4 is 22.7 Å². The van der Waals surface area contributed by atoms with Gasteiger partial charge >= 0.3 is 0 Å². The summed E-state index contributed by atoms with van der Waals surface area (Å²) in [5.41, 5.74) is 5.79. The summed E-state index contributed by atoms with van der Waals surface area (Å²) in [7, 11) is 0. The van der Waals surface area contributed by atoms with Crippen molar-refractivity contribution in [1.82, 2.24) is 0 Å². The molecule has 0 atom stereocenters. The highest BCUT2D eigenvalue weighted by Crippen LogP contribution is 2.29. The van der Waals surface area contributed by atoms with Gasteiger partial charge in [-0.1, -0.05) is 84.6 Å². The van der Waals surface area contributed by atoms with Crippen LogP contribution >= 0.6 is 0 Å². The molecule has 0 bridgehead atoms. The van der Waals surface area contributed by atoms with Gasteiger partial charge in [-0.25, -0.2) is 0 Å². The van der Waals surface area contributed by atoms with Crippen LogP contribution in [0.4, 0.5) is 22.7 Å². The summed E-state index contributed by atoms with van der Waals surface area (Å²) < 4.78 is 0. The van der Waals surface area contributed by atoms with Gasteiger partial charge in [-0.2, -0.15) is 0 Å². The van der Waals surface area contributed by atoms with Gasteiger partial charge in [0.2, 0.25) is 0 Å². The van der Waals surface area contributed by atoms with E-state index in [4.69, 9.17) is 12.8 Å². The molecule has 34 heavy (non-hydrogen) atoms. The lowest BCUT2D eigenvalue weighted by Crippen LogP contribution is -2.24. The van der Waals surface area contributed by atoms with Gasteiger partial charge in [0.1, 0.15) is 0 Å².